The second-order valence-corrected chi connectivity index (χ2v) is 19.7. The number of rotatable bonds is 17. The summed E-state index contributed by atoms with van der Waals surface area (Å²) in [6, 6.07) is 6.40. The first-order valence-electron chi connectivity index (χ1n) is 25.1. The molecule has 0 aliphatic carbocycles. The van der Waals surface area contributed by atoms with Crippen molar-refractivity contribution in [1.82, 2.24) is 41.4 Å². The number of hydrogen-bond acceptors (Lipinski definition) is 11. The first-order valence-corrected chi connectivity index (χ1v) is 25.1. The second kappa shape index (κ2) is 26.0. The molecule has 9 N–H and O–H groups in total. The number of hydrogen-bond donors (Lipinski definition) is 8. The highest BCUT2D eigenvalue weighted by molar-refractivity contribution is 5.99. The standard InChI is InChI=1S/C52H73N9O11/c1-8-9-11-20-42(63)55-36(21-23-41(53)62)46(65)59-45-31(6)72-52(71)44(30(4)5)58-48(67)39(27-33-28-54-35-19-15-14-18-34(33)35)60(7)51(70)40(26-32-16-12-10-13-17-32)61-43(64)24-22-37(50(61)69)56-47(66)38(25-29(2)3)57-49(45)68/h10,12-19,28-31,36-40,43-45,54,64H,8-9,11,20-27H2,1-7H3,(H2,53,62)(H,55,63)(H,56,66)(H,57,68)(H,58,67)(H,59,65)/t31-,36+,37+,38+,39+,40+,43-,44+,45+/m1/s1. The van der Waals surface area contributed by atoms with Crippen molar-refractivity contribution in [2.24, 2.45) is 17.6 Å². The molecule has 2 saturated heterocycles. The Kier molecular flexibility index (Phi) is 20.3. The maximum atomic E-state index is 15.2. The number of cyclic esters (lactones) is 1. The van der Waals surface area contributed by atoms with Crippen LogP contribution in [0.25, 0.3) is 10.9 Å². The number of nitrogens with zero attached hydrogens (tertiary/aromatic N) is 2. The Labute approximate surface area is 420 Å². The van der Waals surface area contributed by atoms with E-state index in [1.807, 2.05) is 31.2 Å². The van der Waals surface area contributed by atoms with Crippen LogP contribution in [0.15, 0.2) is 60.8 Å². The fourth-order valence-electron chi connectivity index (χ4n) is 9.16. The number of primary amides is 1. The first-order chi connectivity index (χ1) is 34.2. The highest BCUT2D eigenvalue weighted by Crippen LogP contribution is 2.27. The summed E-state index contributed by atoms with van der Waals surface area (Å²) in [7, 11) is 1.41. The highest BCUT2D eigenvalue weighted by Gasteiger charge is 2.46. The van der Waals surface area contributed by atoms with Crippen molar-refractivity contribution in [1.29, 1.82) is 0 Å². The fraction of sp³-hybridized carbons (Fsp3) is 0.558. The number of fused-ring (bicyclic) bond motifs is 3. The van der Waals surface area contributed by atoms with Crippen LogP contribution in [0.2, 0.25) is 0 Å². The van der Waals surface area contributed by atoms with Gasteiger partial charge in [-0.15, -0.1) is 0 Å². The molecule has 2 bridgehead atoms. The molecule has 0 saturated carbocycles. The second-order valence-electron chi connectivity index (χ2n) is 19.7. The van der Waals surface area contributed by atoms with Crippen LogP contribution in [0.4, 0.5) is 0 Å². The maximum absolute atomic E-state index is 15.2. The lowest BCUT2D eigenvalue weighted by Gasteiger charge is -2.43. The quantitative estimate of drug-likeness (QED) is 0.0715. The van der Waals surface area contributed by atoms with Crippen molar-refractivity contribution >= 4 is 64.1 Å². The van der Waals surface area contributed by atoms with Crippen LogP contribution in [0, 0.1) is 11.8 Å². The van der Waals surface area contributed by atoms with Crippen molar-refractivity contribution in [3.05, 3.63) is 71.9 Å². The topological polar surface area (TPSA) is 292 Å². The summed E-state index contributed by atoms with van der Waals surface area (Å²) >= 11 is 0. The third-order valence-corrected chi connectivity index (χ3v) is 13.3. The number of H-pyrrole nitrogens is 1. The van der Waals surface area contributed by atoms with Gasteiger partial charge in [0.15, 0.2) is 0 Å². The van der Waals surface area contributed by atoms with Gasteiger partial charge in [0, 0.05) is 49.8 Å². The van der Waals surface area contributed by atoms with E-state index in [4.69, 9.17) is 10.5 Å². The lowest BCUT2D eigenvalue weighted by atomic mass is 9.95. The Hall–Kier alpha value is -6.83. The molecule has 0 spiro atoms. The van der Waals surface area contributed by atoms with E-state index < -0.39 is 114 Å². The average molecular weight is 1000 g/mol. The van der Waals surface area contributed by atoms with Crippen LogP contribution in [0.3, 0.4) is 0 Å². The third kappa shape index (κ3) is 14.9. The van der Waals surface area contributed by atoms with Gasteiger partial charge in [0.2, 0.25) is 47.3 Å². The molecule has 1 aromatic heterocycles. The molecular formula is C52H73N9O11. The van der Waals surface area contributed by atoms with Crippen molar-refractivity contribution in [3.63, 3.8) is 0 Å². The summed E-state index contributed by atoms with van der Waals surface area (Å²) in [5.41, 5.74) is 7.49. The third-order valence-electron chi connectivity index (χ3n) is 13.3. The smallest absolute Gasteiger partial charge is 0.329 e. The number of esters is 1. The predicted molar refractivity (Wildman–Crippen MR) is 267 cm³/mol. The molecule has 3 aromatic rings. The molecule has 392 valence electrons. The lowest BCUT2D eigenvalue weighted by molar-refractivity contribution is -0.165. The molecule has 2 aliphatic rings. The Balaban J connectivity index is 1.62. The number of benzene rings is 2. The van der Waals surface area contributed by atoms with Crippen LogP contribution in [0.5, 0.6) is 0 Å². The summed E-state index contributed by atoms with van der Waals surface area (Å²) in [5.74, 6) is -8.01. The minimum absolute atomic E-state index is 0.0304. The Morgan fingerprint density at radius 2 is 1.53 bits per heavy atom. The normalized spacial score (nSPS) is 24.4. The monoisotopic (exact) mass is 1000 g/mol. The molecule has 9 atom stereocenters. The molecule has 5 rings (SSSR count). The van der Waals surface area contributed by atoms with Gasteiger partial charge in [-0.05, 0) is 68.1 Å². The summed E-state index contributed by atoms with van der Waals surface area (Å²) in [5, 5.41) is 25.9. The van der Waals surface area contributed by atoms with Crippen LogP contribution >= 0.6 is 0 Å². The fourth-order valence-corrected chi connectivity index (χ4v) is 9.16. The number of aliphatic hydroxyl groups excluding tert-OH is 1. The number of nitrogens with two attached hydrogens (primary N) is 1. The van der Waals surface area contributed by atoms with E-state index in [0.717, 1.165) is 28.6 Å². The summed E-state index contributed by atoms with van der Waals surface area (Å²) < 4.78 is 5.95. The minimum atomic E-state index is -1.73. The number of nitrogens with one attached hydrogen (secondary N) is 6. The number of unbranched alkanes of at least 4 members (excludes halogenated alkanes) is 2. The summed E-state index contributed by atoms with van der Waals surface area (Å²) in [6.07, 6.45) is 0.220. The zero-order chi connectivity index (χ0) is 52.8. The number of likely N-dealkylation sites (N-methyl/N-ethyl adjacent to an activating group) is 1. The van der Waals surface area contributed by atoms with Gasteiger partial charge in [-0.25, -0.2) is 4.79 Å². The minimum Gasteiger partial charge on any atom is -0.458 e. The van der Waals surface area contributed by atoms with E-state index in [1.54, 1.807) is 64.2 Å². The Bertz CT molecular complexity index is 2410. The van der Waals surface area contributed by atoms with E-state index in [2.05, 4.69) is 31.6 Å². The molecular weight excluding hydrogens is 927 g/mol. The van der Waals surface area contributed by atoms with Gasteiger partial charge in [-0.3, -0.25) is 38.4 Å². The first kappa shape index (κ1) is 56.1. The van der Waals surface area contributed by atoms with E-state index in [1.165, 1.54) is 18.9 Å². The van der Waals surface area contributed by atoms with Crippen molar-refractivity contribution in [3.8, 4) is 0 Å². The number of aromatic amines is 1. The number of piperidine rings is 1. The van der Waals surface area contributed by atoms with E-state index in [-0.39, 0.29) is 57.3 Å². The molecule has 3 heterocycles. The molecule has 0 radical (unpaired) electrons. The molecule has 0 unspecified atom stereocenters. The van der Waals surface area contributed by atoms with Crippen molar-refractivity contribution in [2.45, 2.75) is 167 Å². The number of para-hydroxylation sites is 1. The molecule has 8 amide bonds. The van der Waals surface area contributed by atoms with Crippen LogP contribution in [-0.2, 0) is 60.7 Å². The summed E-state index contributed by atoms with van der Waals surface area (Å²) in [4.78, 5) is 133. The predicted octanol–water partition coefficient (Wildman–Crippen LogP) is 2.01. The number of ether oxygens (including phenoxy) is 1. The number of aliphatic hydroxyl groups is 1. The van der Waals surface area contributed by atoms with E-state index in [0.29, 0.717) is 17.5 Å². The molecule has 2 fully saturated rings. The number of carbonyl (C=O) groups is 9. The number of carbonyl (C=O) groups excluding carboxylic acids is 9. The molecule has 20 nitrogen and oxygen atoms in total. The zero-order valence-electron chi connectivity index (χ0n) is 42.4. The van der Waals surface area contributed by atoms with Crippen LogP contribution in [0.1, 0.15) is 110 Å². The Morgan fingerprint density at radius 3 is 2.19 bits per heavy atom. The summed E-state index contributed by atoms with van der Waals surface area (Å²) in [6.45, 7) is 10.2. The van der Waals surface area contributed by atoms with Gasteiger partial charge in [-0.1, -0.05) is 96.0 Å². The molecule has 2 aliphatic heterocycles. The van der Waals surface area contributed by atoms with Crippen LogP contribution < -0.4 is 32.3 Å². The van der Waals surface area contributed by atoms with Crippen molar-refractivity contribution in [2.75, 3.05) is 7.05 Å². The zero-order valence-corrected chi connectivity index (χ0v) is 42.4. The number of aromatic nitrogens is 1. The molecule has 20 heteroatoms. The maximum Gasteiger partial charge on any atom is 0.329 e. The average Bonchev–Trinajstić information content (AvgIpc) is 3.74. The Morgan fingerprint density at radius 1 is 0.833 bits per heavy atom. The van der Waals surface area contributed by atoms with Gasteiger partial charge in [0.05, 0.1) is 0 Å². The van der Waals surface area contributed by atoms with Gasteiger partial charge < -0.3 is 56.9 Å². The lowest BCUT2D eigenvalue weighted by Crippen LogP contribution is -2.65. The number of amides is 8. The van der Waals surface area contributed by atoms with E-state index in [9.17, 15) is 43.5 Å². The van der Waals surface area contributed by atoms with Gasteiger partial charge >= 0.3 is 5.97 Å². The largest absolute Gasteiger partial charge is 0.458 e. The van der Waals surface area contributed by atoms with Gasteiger partial charge in [0.1, 0.15) is 54.6 Å². The molecule has 72 heavy (non-hydrogen) atoms. The van der Waals surface area contributed by atoms with Crippen LogP contribution in [-0.4, -0.2) is 135 Å². The highest BCUT2D eigenvalue weighted by atomic mass is 16.5. The van der Waals surface area contributed by atoms with Gasteiger partial charge in [0.25, 0.3) is 0 Å². The van der Waals surface area contributed by atoms with E-state index >= 15 is 4.79 Å². The van der Waals surface area contributed by atoms with Gasteiger partial charge in [-0.2, -0.15) is 0 Å². The SMILES string of the molecule is CCCCCC(=O)N[C@@H](CCC(N)=O)C(=O)N[C@@H]1C(=O)N[C@@H](CC(C)C)C(=O)N[C@H]2CC[C@@H](O)N(C2=O)[C@@H](Cc2ccccc2)C(=O)N(C)[C@@H](Cc2c[nH]c3ccccc23)C(=O)N[C@@H](C(C)C)C(=O)O[C@@H]1C. The van der Waals surface area contributed by atoms with Crippen molar-refractivity contribution < 1.29 is 53.0 Å². The molecule has 2 aromatic carbocycles.